The van der Waals surface area contributed by atoms with Crippen LogP contribution in [0.2, 0.25) is 0 Å². The van der Waals surface area contributed by atoms with Crippen molar-refractivity contribution < 1.29 is 27.4 Å². The first-order valence-electron chi connectivity index (χ1n) is 10.4. The number of methoxy groups -OCH3 is 1. The zero-order chi connectivity index (χ0) is 22.7. The Morgan fingerprint density at radius 2 is 1.78 bits per heavy atom. The van der Waals surface area contributed by atoms with E-state index in [4.69, 9.17) is 14.2 Å². The summed E-state index contributed by atoms with van der Waals surface area (Å²) < 4.78 is 44.4. The molecule has 2 aromatic carbocycles. The van der Waals surface area contributed by atoms with Gasteiger partial charge in [0, 0.05) is 23.6 Å². The third-order valence-electron chi connectivity index (χ3n) is 5.70. The van der Waals surface area contributed by atoms with Crippen molar-refractivity contribution in [2.45, 2.75) is 29.9 Å². The molecule has 4 rings (SSSR count). The summed E-state index contributed by atoms with van der Waals surface area (Å²) in [6, 6.07) is 13.9. The quantitative estimate of drug-likeness (QED) is 0.550. The van der Waals surface area contributed by atoms with Crippen LogP contribution in [0.3, 0.4) is 0 Å². The summed E-state index contributed by atoms with van der Waals surface area (Å²) in [6.45, 7) is 1.40. The molecule has 10 heteroatoms. The monoisotopic (exact) mass is 524 g/mol. The van der Waals surface area contributed by atoms with E-state index in [1.165, 1.54) is 4.31 Å². The Morgan fingerprint density at radius 1 is 1.09 bits per heavy atom. The van der Waals surface area contributed by atoms with E-state index in [1.807, 2.05) is 0 Å². The molecule has 32 heavy (non-hydrogen) atoms. The van der Waals surface area contributed by atoms with Gasteiger partial charge in [-0.1, -0.05) is 22.0 Å². The van der Waals surface area contributed by atoms with E-state index in [0.29, 0.717) is 38.2 Å². The van der Waals surface area contributed by atoms with Crippen molar-refractivity contribution in [3.63, 3.8) is 0 Å². The molecule has 172 valence electrons. The van der Waals surface area contributed by atoms with Crippen LogP contribution >= 0.6 is 15.9 Å². The molecule has 2 aliphatic rings. The second-order valence-corrected chi connectivity index (χ2v) is 10.6. The first-order chi connectivity index (χ1) is 15.4. The molecule has 1 amide bonds. The molecule has 2 aromatic rings. The van der Waals surface area contributed by atoms with Crippen LogP contribution in [0, 0.1) is 0 Å². The Hall–Kier alpha value is -2.30. The van der Waals surface area contributed by atoms with Gasteiger partial charge >= 0.3 is 6.09 Å². The van der Waals surface area contributed by atoms with E-state index in [2.05, 4.69) is 15.9 Å². The molecule has 0 aromatic heterocycles. The predicted octanol–water partition coefficient (Wildman–Crippen LogP) is 3.51. The van der Waals surface area contributed by atoms with Gasteiger partial charge in [0.2, 0.25) is 10.0 Å². The lowest BCUT2D eigenvalue weighted by Gasteiger charge is -2.34. The van der Waals surface area contributed by atoms with Gasteiger partial charge in [0.05, 0.1) is 18.6 Å². The minimum absolute atomic E-state index is 0.0533. The molecule has 0 N–H and O–H groups in total. The largest absolute Gasteiger partial charge is 0.497 e. The average molecular weight is 525 g/mol. The number of rotatable bonds is 7. The highest BCUT2D eigenvalue weighted by Gasteiger charge is 2.39. The van der Waals surface area contributed by atoms with Gasteiger partial charge in [0.25, 0.3) is 0 Å². The summed E-state index contributed by atoms with van der Waals surface area (Å²) in [4.78, 5) is 14.4. The lowest BCUT2D eigenvalue weighted by atomic mass is 10.1. The lowest BCUT2D eigenvalue weighted by Crippen LogP contribution is -2.47. The molecule has 0 aliphatic carbocycles. The first kappa shape index (κ1) is 22.9. The number of hydrogen-bond donors (Lipinski definition) is 0. The summed E-state index contributed by atoms with van der Waals surface area (Å²) in [5.41, 5.74) is 0. The number of carbonyl (C=O) groups is 1. The summed E-state index contributed by atoms with van der Waals surface area (Å²) in [7, 11) is -1.96. The van der Waals surface area contributed by atoms with Crippen LogP contribution in [0.1, 0.15) is 12.8 Å². The van der Waals surface area contributed by atoms with Crippen LogP contribution in [0.4, 0.5) is 4.79 Å². The number of cyclic esters (lactones) is 1. The number of ether oxygens (including phenoxy) is 3. The van der Waals surface area contributed by atoms with Crippen LogP contribution < -0.4 is 9.47 Å². The van der Waals surface area contributed by atoms with E-state index >= 15 is 0 Å². The third-order valence-corrected chi connectivity index (χ3v) is 8.08. The average Bonchev–Trinajstić information content (AvgIpc) is 3.18. The number of carbonyl (C=O) groups excluding carboxylic acids is 1. The molecule has 0 spiro atoms. The van der Waals surface area contributed by atoms with Crippen molar-refractivity contribution in [1.29, 1.82) is 0 Å². The third kappa shape index (κ3) is 5.02. The van der Waals surface area contributed by atoms with Crippen LogP contribution in [-0.2, 0) is 14.8 Å². The second-order valence-electron chi connectivity index (χ2n) is 7.74. The molecule has 2 saturated heterocycles. The highest BCUT2D eigenvalue weighted by molar-refractivity contribution is 9.10. The minimum atomic E-state index is -3.56. The van der Waals surface area contributed by atoms with Crippen molar-refractivity contribution in [3.8, 4) is 11.5 Å². The lowest BCUT2D eigenvalue weighted by molar-refractivity contribution is 0.0999. The molecule has 2 heterocycles. The minimum Gasteiger partial charge on any atom is -0.497 e. The summed E-state index contributed by atoms with van der Waals surface area (Å²) in [6.07, 6.45) is 0.387. The summed E-state index contributed by atoms with van der Waals surface area (Å²) in [5.74, 6) is 1.41. The van der Waals surface area contributed by atoms with Crippen molar-refractivity contribution in [2.24, 2.45) is 0 Å². The second kappa shape index (κ2) is 9.68. The zero-order valence-electron chi connectivity index (χ0n) is 17.6. The van der Waals surface area contributed by atoms with Gasteiger partial charge in [-0.15, -0.1) is 0 Å². The molecule has 0 bridgehead atoms. The Balaban J connectivity index is 1.30. The summed E-state index contributed by atoms with van der Waals surface area (Å²) >= 11 is 3.32. The maximum Gasteiger partial charge on any atom is 0.410 e. The topological polar surface area (TPSA) is 85.4 Å². The number of piperidine rings is 1. The molecule has 8 nitrogen and oxygen atoms in total. The van der Waals surface area contributed by atoms with Crippen molar-refractivity contribution >= 4 is 32.0 Å². The smallest absolute Gasteiger partial charge is 0.410 e. The van der Waals surface area contributed by atoms with Crippen LogP contribution in [0.5, 0.6) is 11.5 Å². The van der Waals surface area contributed by atoms with Gasteiger partial charge in [0.15, 0.2) is 6.10 Å². The first-order valence-corrected chi connectivity index (χ1v) is 12.6. The number of amides is 1. The van der Waals surface area contributed by atoms with Crippen LogP contribution in [-0.4, -0.2) is 69.2 Å². The molecule has 1 atom stereocenters. The Kier molecular flexibility index (Phi) is 6.92. The Morgan fingerprint density at radius 3 is 2.44 bits per heavy atom. The summed E-state index contributed by atoms with van der Waals surface area (Å²) in [5, 5.41) is 0. The van der Waals surface area contributed by atoms with Gasteiger partial charge in [-0.25, -0.2) is 13.2 Å². The van der Waals surface area contributed by atoms with Gasteiger partial charge in [-0.05, 0) is 55.3 Å². The van der Waals surface area contributed by atoms with Gasteiger partial charge in [-0.2, -0.15) is 4.31 Å². The Labute approximate surface area is 196 Å². The van der Waals surface area contributed by atoms with Gasteiger partial charge in [-0.3, -0.25) is 0 Å². The molecule has 2 fully saturated rings. The van der Waals surface area contributed by atoms with Crippen molar-refractivity contribution in [2.75, 3.05) is 33.4 Å². The van der Waals surface area contributed by atoms with Crippen molar-refractivity contribution in [1.82, 2.24) is 9.21 Å². The standard InChI is InChI=1S/C22H25BrN2O6S/c1-29-18-5-7-19(8-6-18)30-15-20-14-25(22(26)31-20)17-9-11-24(12-10-17)32(27,28)21-4-2-3-16(23)13-21/h2-8,13,17,20H,9-12,14-15H2,1H3. The molecule has 2 aliphatic heterocycles. The normalized spacial score (nSPS) is 20.2. The highest BCUT2D eigenvalue weighted by Crippen LogP contribution is 2.27. The number of halogens is 1. The fraction of sp³-hybridized carbons (Fsp3) is 0.409. The van der Waals surface area contributed by atoms with Crippen LogP contribution in [0.25, 0.3) is 0 Å². The highest BCUT2D eigenvalue weighted by atomic mass is 79.9. The van der Waals surface area contributed by atoms with Gasteiger partial charge < -0.3 is 19.1 Å². The number of sulfonamides is 1. The van der Waals surface area contributed by atoms with E-state index < -0.39 is 10.0 Å². The number of hydrogen-bond acceptors (Lipinski definition) is 6. The van der Waals surface area contributed by atoms with Gasteiger partial charge in [0.1, 0.15) is 18.1 Å². The van der Waals surface area contributed by atoms with Crippen LogP contribution in [0.15, 0.2) is 57.9 Å². The maximum absolute atomic E-state index is 12.9. The maximum atomic E-state index is 12.9. The fourth-order valence-corrected chi connectivity index (χ4v) is 6.03. The molecule has 1 unspecified atom stereocenters. The molecule has 0 radical (unpaired) electrons. The molecular formula is C22H25BrN2O6S. The molecule has 0 saturated carbocycles. The number of nitrogens with zero attached hydrogens (tertiary/aromatic N) is 2. The predicted molar refractivity (Wildman–Crippen MR) is 121 cm³/mol. The van der Waals surface area contributed by atoms with Crippen molar-refractivity contribution in [3.05, 3.63) is 53.0 Å². The van der Waals surface area contributed by atoms with E-state index in [0.717, 1.165) is 10.2 Å². The fourth-order valence-electron chi connectivity index (χ4n) is 3.96. The zero-order valence-corrected chi connectivity index (χ0v) is 20.0. The van der Waals surface area contributed by atoms with E-state index in [9.17, 15) is 13.2 Å². The number of benzene rings is 2. The molecular weight excluding hydrogens is 500 g/mol. The SMILES string of the molecule is COc1ccc(OCC2CN(C3CCN(S(=O)(=O)c4cccc(Br)c4)CC3)C(=O)O2)cc1. The van der Waals surface area contributed by atoms with E-state index in [1.54, 1.807) is 60.5 Å². The van der Waals surface area contributed by atoms with E-state index in [-0.39, 0.29) is 29.7 Å². The Bertz CT molecular complexity index is 1050.